The van der Waals surface area contributed by atoms with Crippen molar-refractivity contribution < 1.29 is 47.5 Å². The molecule has 0 fully saturated rings. The number of carbonyl (C=O) groups excluding carboxylic acids is 2. The van der Waals surface area contributed by atoms with E-state index < -0.39 is 11.9 Å². The molecule has 4 aromatic rings. The SMILES string of the molecule is COc1cc(COC(=O)c2ccc(C#N)cc2)c(-c2c(COC(=O)c3ccc(C#N)cc3)cc(OC)c3c2OCO3)c2c1OCO2. The lowest BCUT2D eigenvalue weighted by molar-refractivity contribution is 0.0462. The number of nitrogens with zero attached hydrogens (tertiary/aromatic N) is 2. The Labute approximate surface area is 262 Å². The van der Waals surface area contributed by atoms with Crippen LogP contribution in [0.25, 0.3) is 11.1 Å². The number of esters is 2. The zero-order valence-corrected chi connectivity index (χ0v) is 24.6. The smallest absolute Gasteiger partial charge is 0.338 e. The quantitative estimate of drug-likeness (QED) is 0.223. The minimum Gasteiger partial charge on any atom is -0.493 e. The van der Waals surface area contributed by atoms with E-state index in [9.17, 15) is 9.59 Å². The molecular weight excluding hydrogens is 596 g/mol. The molecule has 0 bridgehead atoms. The van der Waals surface area contributed by atoms with Crippen LogP contribution in [-0.4, -0.2) is 39.7 Å². The van der Waals surface area contributed by atoms with Crippen molar-refractivity contribution in [3.63, 3.8) is 0 Å². The van der Waals surface area contributed by atoms with Gasteiger partial charge in [-0.25, -0.2) is 9.59 Å². The van der Waals surface area contributed by atoms with Gasteiger partial charge in [0.25, 0.3) is 0 Å². The predicted octanol–water partition coefficient (Wildman–Crippen LogP) is 5.29. The molecule has 0 unspecified atom stereocenters. The second-order valence-corrected chi connectivity index (χ2v) is 9.89. The molecule has 0 aliphatic carbocycles. The largest absolute Gasteiger partial charge is 0.493 e. The number of fused-ring (bicyclic) bond motifs is 2. The van der Waals surface area contributed by atoms with Crippen molar-refractivity contribution in [1.82, 2.24) is 0 Å². The molecule has 0 N–H and O–H groups in total. The van der Waals surface area contributed by atoms with Crippen LogP contribution in [0.15, 0.2) is 60.7 Å². The molecule has 4 aromatic carbocycles. The van der Waals surface area contributed by atoms with Crippen molar-refractivity contribution in [2.45, 2.75) is 13.2 Å². The summed E-state index contributed by atoms with van der Waals surface area (Å²) < 4.78 is 45.9. The molecular formula is C34H24N2O10. The number of hydrogen-bond acceptors (Lipinski definition) is 12. The van der Waals surface area contributed by atoms with Crippen molar-refractivity contribution in [3.05, 3.63) is 94.0 Å². The highest BCUT2D eigenvalue weighted by Gasteiger charge is 2.35. The molecule has 0 amide bonds. The summed E-state index contributed by atoms with van der Waals surface area (Å²) in [4.78, 5) is 26.0. The van der Waals surface area contributed by atoms with E-state index in [-0.39, 0.29) is 37.9 Å². The van der Waals surface area contributed by atoms with Gasteiger partial charge in [0, 0.05) is 22.3 Å². The first kappa shape index (κ1) is 29.7. The van der Waals surface area contributed by atoms with E-state index in [2.05, 4.69) is 0 Å². The standard InChI is InChI=1S/C34H24N2O10/c1-39-25-11-23(15-41-33(37)21-7-3-19(13-35)4-8-21)27(31-29(25)43-17-45-31)28-24(12-26(40-2)30-32(28)46-18-44-30)16-42-34(38)22-9-5-20(14-36)6-10-22/h3-12H,15-18H2,1-2H3. The van der Waals surface area contributed by atoms with Gasteiger partial charge in [-0.15, -0.1) is 0 Å². The van der Waals surface area contributed by atoms with Crippen LogP contribution in [0.2, 0.25) is 0 Å². The van der Waals surface area contributed by atoms with Gasteiger partial charge in [-0.3, -0.25) is 0 Å². The van der Waals surface area contributed by atoms with Crippen molar-refractivity contribution in [2.24, 2.45) is 0 Å². The van der Waals surface area contributed by atoms with Crippen LogP contribution in [-0.2, 0) is 22.7 Å². The number of rotatable bonds is 9. The summed E-state index contributed by atoms with van der Waals surface area (Å²) in [5.74, 6) is 0.685. The molecule has 2 aliphatic rings. The molecule has 0 aromatic heterocycles. The molecule has 46 heavy (non-hydrogen) atoms. The Bertz CT molecular complexity index is 1780. The van der Waals surface area contributed by atoms with Crippen molar-refractivity contribution >= 4 is 11.9 Å². The minimum atomic E-state index is -0.622. The predicted molar refractivity (Wildman–Crippen MR) is 158 cm³/mol. The van der Waals surface area contributed by atoms with E-state index in [0.29, 0.717) is 67.9 Å². The average Bonchev–Trinajstić information content (AvgIpc) is 3.80. The van der Waals surface area contributed by atoms with Crippen LogP contribution in [0.5, 0.6) is 34.5 Å². The fourth-order valence-corrected chi connectivity index (χ4v) is 5.07. The number of carbonyl (C=O) groups is 2. The topological polar surface area (TPSA) is 156 Å². The highest BCUT2D eigenvalue weighted by Crippen LogP contribution is 2.56. The highest BCUT2D eigenvalue weighted by atomic mass is 16.7. The molecule has 0 atom stereocenters. The summed E-state index contributed by atoms with van der Waals surface area (Å²) in [6.07, 6.45) is 0. The van der Waals surface area contributed by atoms with Crippen molar-refractivity contribution in [1.29, 1.82) is 10.5 Å². The van der Waals surface area contributed by atoms with Gasteiger partial charge >= 0.3 is 11.9 Å². The van der Waals surface area contributed by atoms with E-state index in [0.717, 1.165) is 0 Å². The number of hydrogen-bond donors (Lipinski definition) is 0. The highest BCUT2D eigenvalue weighted by molar-refractivity contribution is 5.92. The van der Waals surface area contributed by atoms with E-state index in [1.54, 1.807) is 12.1 Å². The van der Waals surface area contributed by atoms with Crippen LogP contribution < -0.4 is 28.4 Å². The fraction of sp³-hybridized carbons (Fsp3) is 0.176. The summed E-state index contributed by atoms with van der Waals surface area (Å²) >= 11 is 0. The molecule has 230 valence electrons. The lowest BCUT2D eigenvalue weighted by Crippen LogP contribution is -2.09. The molecule has 0 saturated carbocycles. The van der Waals surface area contributed by atoms with E-state index >= 15 is 0 Å². The van der Waals surface area contributed by atoms with Gasteiger partial charge < -0.3 is 37.9 Å². The van der Waals surface area contributed by atoms with E-state index in [4.69, 9.17) is 48.4 Å². The Morgan fingerprint density at radius 1 is 0.630 bits per heavy atom. The van der Waals surface area contributed by atoms with Crippen LogP contribution in [0.4, 0.5) is 0 Å². The Hall–Kier alpha value is -6.40. The van der Waals surface area contributed by atoms with Gasteiger partial charge in [0.2, 0.25) is 25.1 Å². The summed E-state index contributed by atoms with van der Waals surface area (Å²) in [5.41, 5.74) is 3.13. The first-order chi connectivity index (χ1) is 22.4. The van der Waals surface area contributed by atoms with Gasteiger partial charge in [-0.05, 0) is 60.7 Å². The molecule has 0 radical (unpaired) electrons. The van der Waals surface area contributed by atoms with Crippen LogP contribution in [0, 0.1) is 22.7 Å². The van der Waals surface area contributed by atoms with Crippen LogP contribution in [0.1, 0.15) is 43.0 Å². The van der Waals surface area contributed by atoms with Crippen LogP contribution in [0.3, 0.4) is 0 Å². The maximum atomic E-state index is 13.0. The third kappa shape index (κ3) is 5.51. The third-order valence-electron chi connectivity index (χ3n) is 7.29. The van der Waals surface area contributed by atoms with Gasteiger partial charge in [0.05, 0.1) is 48.6 Å². The summed E-state index contributed by atoms with van der Waals surface area (Å²) in [7, 11) is 2.94. The third-order valence-corrected chi connectivity index (χ3v) is 7.29. The number of methoxy groups -OCH3 is 2. The average molecular weight is 621 g/mol. The lowest BCUT2D eigenvalue weighted by atomic mass is 9.92. The zero-order valence-electron chi connectivity index (χ0n) is 24.6. The van der Waals surface area contributed by atoms with Crippen molar-refractivity contribution in [2.75, 3.05) is 27.8 Å². The maximum absolute atomic E-state index is 13.0. The monoisotopic (exact) mass is 620 g/mol. The second kappa shape index (κ2) is 12.7. The minimum absolute atomic E-state index is 0.105. The normalized spacial score (nSPS) is 12.1. The Morgan fingerprint density at radius 2 is 1.00 bits per heavy atom. The molecule has 6 rings (SSSR count). The van der Waals surface area contributed by atoms with Gasteiger partial charge in [-0.2, -0.15) is 10.5 Å². The molecule has 12 nitrogen and oxygen atoms in total. The first-order valence-corrected chi connectivity index (χ1v) is 13.8. The lowest BCUT2D eigenvalue weighted by Gasteiger charge is -2.20. The molecule has 12 heteroatoms. The van der Waals surface area contributed by atoms with Gasteiger partial charge in [0.1, 0.15) is 13.2 Å². The number of ether oxygens (including phenoxy) is 8. The molecule has 0 saturated heterocycles. The number of nitriles is 2. The van der Waals surface area contributed by atoms with Gasteiger partial charge in [-0.1, -0.05) is 0 Å². The van der Waals surface area contributed by atoms with Gasteiger partial charge in [0.15, 0.2) is 23.0 Å². The Balaban J connectivity index is 1.43. The summed E-state index contributed by atoms with van der Waals surface area (Å²) in [5, 5.41) is 18.2. The van der Waals surface area contributed by atoms with Crippen molar-refractivity contribution in [3.8, 4) is 57.8 Å². The van der Waals surface area contributed by atoms with Crippen LogP contribution >= 0.6 is 0 Å². The van der Waals surface area contributed by atoms with E-state index in [1.807, 2.05) is 12.1 Å². The van der Waals surface area contributed by atoms with E-state index in [1.165, 1.54) is 62.8 Å². The fourth-order valence-electron chi connectivity index (χ4n) is 5.07. The Morgan fingerprint density at radius 3 is 1.35 bits per heavy atom. The zero-order chi connectivity index (χ0) is 32.2. The first-order valence-electron chi connectivity index (χ1n) is 13.8. The maximum Gasteiger partial charge on any atom is 0.338 e. The summed E-state index contributed by atoms with van der Waals surface area (Å²) in [6, 6.07) is 19.5. The summed E-state index contributed by atoms with van der Waals surface area (Å²) in [6.45, 7) is -0.668. The molecule has 0 spiro atoms. The Kier molecular flexibility index (Phi) is 8.18. The second-order valence-electron chi connectivity index (χ2n) is 9.89. The molecule has 2 heterocycles. The number of benzene rings is 4. The molecule has 2 aliphatic heterocycles.